The lowest BCUT2D eigenvalue weighted by atomic mass is 10.1. The van der Waals surface area contributed by atoms with Crippen LogP contribution in [0.1, 0.15) is 44.6 Å². The normalized spacial score (nSPS) is 11.2. The Labute approximate surface area is 98.4 Å². The minimum atomic E-state index is 0.481. The van der Waals surface area contributed by atoms with Crippen LogP contribution in [-0.2, 0) is 13.1 Å². The Morgan fingerprint density at radius 3 is 2.62 bits per heavy atom. The molecule has 0 aromatic carbocycles. The van der Waals surface area contributed by atoms with Gasteiger partial charge < -0.3 is 15.5 Å². The molecule has 0 saturated carbocycles. The quantitative estimate of drug-likeness (QED) is 0.667. The van der Waals surface area contributed by atoms with Crippen molar-refractivity contribution >= 4 is 0 Å². The molecule has 0 radical (unpaired) electrons. The van der Waals surface area contributed by atoms with Crippen LogP contribution in [0.25, 0.3) is 0 Å². The van der Waals surface area contributed by atoms with Gasteiger partial charge in [0.05, 0.1) is 13.1 Å². The van der Waals surface area contributed by atoms with E-state index in [1.165, 1.54) is 19.3 Å². The van der Waals surface area contributed by atoms with Crippen LogP contribution in [0.2, 0.25) is 0 Å². The van der Waals surface area contributed by atoms with Gasteiger partial charge >= 0.3 is 0 Å². The second kappa shape index (κ2) is 7.47. The maximum atomic E-state index is 5.49. The first-order valence-electron chi connectivity index (χ1n) is 6.20. The maximum Gasteiger partial charge on any atom is 0.118 e. The molecule has 1 aromatic rings. The molecule has 3 heteroatoms. The second-order valence-electron chi connectivity index (χ2n) is 4.64. The molecule has 0 amide bonds. The van der Waals surface area contributed by atoms with Crippen LogP contribution in [0, 0.1) is 5.92 Å². The van der Waals surface area contributed by atoms with E-state index in [1.807, 2.05) is 12.1 Å². The molecule has 1 heterocycles. The Bertz CT molecular complexity index is 281. The Hall–Kier alpha value is -0.800. The molecule has 0 bridgehead atoms. The van der Waals surface area contributed by atoms with Crippen molar-refractivity contribution in [3.63, 3.8) is 0 Å². The minimum Gasteiger partial charge on any atom is -0.463 e. The lowest BCUT2D eigenvalue weighted by molar-refractivity contribution is 0.443. The van der Waals surface area contributed by atoms with Crippen molar-refractivity contribution < 1.29 is 4.42 Å². The lowest BCUT2D eigenvalue weighted by Gasteiger charge is -2.05. The second-order valence-corrected chi connectivity index (χ2v) is 4.64. The van der Waals surface area contributed by atoms with E-state index in [4.69, 9.17) is 10.2 Å². The van der Waals surface area contributed by atoms with Gasteiger partial charge in [-0.05, 0) is 31.0 Å². The van der Waals surface area contributed by atoms with Gasteiger partial charge in [0.2, 0.25) is 0 Å². The number of furan rings is 1. The monoisotopic (exact) mass is 224 g/mol. The summed E-state index contributed by atoms with van der Waals surface area (Å²) in [5.74, 6) is 2.65. The molecular weight excluding hydrogens is 200 g/mol. The molecule has 3 N–H and O–H groups in total. The number of hydrogen-bond donors (Lipinski definition) is 2. The molecule has 1 rings (SSSR count). The van der Waals surface area contributed by atoms with Crippen molar-refractivity contribution in [2.75, 3.05) is 6.54 Å². The SMILES string of the molecule is CC(C)CCCCNCc1ccc(CN)o1. The van der Waals surface area contributed by atoms with Crippen LogP contribution in [0.4, 0.5) is 0 Å². The lowest BCUT2D eigenvalue weighted by Crippen LogP contribution is -2.14. The molecule has 0 aliphatic heterocycles. The van der Waals surface area contributed by atoms with E-state index in [0.717, 1.165) is 30.5 Å². The molecule has 0 aliphatic rings. The Kier molecular flexibility index (Phi) is 6.19. The van der Waals surface area contributed by atoms with Crippen molar-refractivity contribution in [2.24, 2.45) is 11.7 Å². The van der Waals surface area contributed by atoms with Gasteiger partial charge in [0.25, 0.3) is 0 Å². The molecule has 0 saturated heterocycles. The van der Waals surface area contributed by atoms with Crippen LogP contribution in [-0.4, -0.2) is 6.54 Å². The van der Waals surface area contributed by atoms with Crippen LogP contribution in [0.15, 0.2) is 16.5 Å². The largest absolute Gasteiger partial charge is 0.463 e. The fourth-order valence-electron chi connectivity index (χ4n) is 1.64. The van der Waals surface area contributed by atoms with E-state index in [1.54, 1.807) is 0 Å². The van der Waals surface area contributed by atoms with Crippen LogP contribution in [0.3, 0.4) is 0 Å². The topological polar surface area (TPSA) is 51.2 Å². The molecule has 1 aromatic heterocycles. The van der Waals surface area contributed by atoms with Gasteiger partial charge in [-0.3, -0.25) is 0 Å². The molecule has 0 unspecified atom stereocenters. The summed E-state index contributed by atoms with van der Waals surface area (Å²) in [5.41, 5.74) is 5.47. The average molecular weight is 224 g/mol. The third kappa shape index (κ3) is 5.33. The van der Waals surface area contributed by atoms with Gasteiger partial charge in [0.15, 0.2) is 0 Å². The molecule has 0 fully saturated rings. The van der Waals surface area contributed by atoms with Gasteiger partial charge in [-0.15, -0.1) is 0 Å². The zero-order valence-electron chi connectivity index (χ0n) is 10.5. The number of hydrogen-bond acceptors (Lipinski definition) is 3. The van der Waals surface area contributed by atoms with Crippen LogP contribution in [0.5, 0.6) is 0 Å². The Morgan fingerprint density at radius 2 is 2.00 bits per heavy atom. The highest BCUT2D eigenvalue weighted by atomic mass is 16.3. The summed E-state index contributed by atoms with van der Waals surface area (Å²) in [6.07, 6.45) is 3.86. The van der Waals surface area contributed by atoms with Crippen LogP contribution >= 0.6 is 0 Å². The first-order valence-corrected chi connectivity index (χ1v) is 6.20. The fourth-order valence-corrected chi connectivity index (χ4v) is 1.64. The highest BCUT2D eigenvalue weighted by Crippen LogP contribution is 2.07. The van der Waals surface area contributed by atoms with Crippen molar-refractivity contribution in [3.8, 4) is 0 Å². The first kappa shape index (κ1) is 13.3. The summed E-state index contributed by atoms with van der Waals surface area (Å²) in [7, 11) is 0. The summed E-state index contributed by atoms with van der Waals surface area (Å²) in [5, 5.41) is 3.38. The van der Waals surface area contributed by atoms with E-state index in [-0.39, 0.29) is 0 Å². The molecule has 0 aliphatic carbocycles. The number of unbranched alkanes of at least 4 members (excludes halogenated alkanes) is 1. The van der Waals surface area contributed by atoms with E-state index in [2.05, 4.69) is 19.2 Å². The summed E-state index contributed by atoms with van der Waals surface area (Å²) in [6, 6.07) is 3.93. The van der Waals surface area contributed by atoms with Crippen molar-refractivity contribution in [1.82, 2.24) is 5.32 Å². The maximum absolute atomic E-state index is 5.49. The summed E-state index contributed by atoms with van der Waals surface area (Å²) in [6.45, 7) is 6.89. The predicted octanol–water partition coefficient (Wildman–Crippen LogP) is 2.65. The predicted molar refractivity (Wildman–Crippen MR) is 67.0 cm³/mol. The zero-order valence-corrected chi connectivity index (χ0v) is 10.5. The number of nitrogens with two attached hydrogens (primary N) is 1. The minimum absolute atomic E-state index is 0.481. The van der Waals surface area contributed by atoms with E-state index in [0.29, 0.717) is 6.54 Å². The third-order valence-corrected chi connectivity index (χ3v) is 2.60. The molecule has 92 valence electrons. The highest BCUT2D eigenvalue weighted by molar-refractivity contribution is 5.06. The smallest absolute Gasteiger partial charge is 0.118 e. The van der Waals surface area contributed by atoms with Gasteiger partial charge in [0, 0.05) is 0 Å². The summed E-state index contributed by atoms with van der Waals surface area (Å²) >= 11 is 0. The first-order chi connectivity index (χ1) is 7.72. The average Bonchev–Trinajstić information content (AvgIpc) is 2.70. The van der Waals surface area contributed by atoms with E-state index >= 15 is 0 Å². The summed E-state index contributed by atoms with van der Waals surface area (Å²) < 4.78 is 5.49. The zero-order chi connectivity index (χ0) is 11.8. The van der Waals surface area contributed by atoms with E-state index < -0.39 is 0 Å². The Balaban J connectivity index is 2.02. The van der Waals surface area contributed by atoms with Crippen molar-refractivity contribution in [3.05, 3.63) is 23.7 Å². The van der Waals surface area contributed by atoms with Gasteiger partial charge in [-0.1, -0.05) is 26.7 Å². The molecule has 0 atom stereocenters. The molecular formula is C13H24N2O. The number of nitrogens with one attached hydrogen (secondary N) is 1. The van der Waals surface area contributed by atoms with E-state index in [9.17, 15) is 0 Å². The van der Waals surface area contributed by atoms with Gasteiger partial charge in [-0.25, -0.2) is 0 Å². The molecule has 0 spiro atoms. The molecule has 3 nitrogen and oxygen atoms in total. The highest BCUT2D eigenvalue weighted by Gasteiger charge is 1.99. The Morgan fingerprint density at radius 1 is 1.25 bits per heavy atom. The van der Waals surface area contributed by atoms with Gasteiger partial charge in [0.1, 0.15) is 11.5 Å². The summed E-state index contributed by atoms with van der Waals surface area (Å²) in [4.78, 5) is 0. The van der Waals surface area contributed by atoms with Crippen LogP contribution < -0.4 is 11.1 Å². The molecule has 16 heavy (non-hydrogen) atoms. The van der Waals surface area contributed by atoms with Gasteiger partial charge in [-0.2, -0.15) is 0 Å². The standard InChI is InChI=1S/C13H24N2O/c1-11(2)5-3-4-8-15-10-13-7-6-12(9-14)16-13/h6-7,11,15H,3-5,8-10,14H2,1-2H3. The van der Waals surface area contributed by atoms with Crippen molar-refractivity contribution in [1.29, 1.82) is 0 Å². The third-order valence-electron chi connectivity index (χ3n) is 2.60. The fraction of sp³-hybridized carbons (Fsp3) is 0.692. The number of rotatable bonds is 8. The van der Waals surface area contributed by atoms with Crippen molar-refractivity contribution in [2.45, 2.75) is 46.2 Å².